The van der Waals surface area contributed by atoms with Gasteiger partial charge in [0.15, 0.2) is 17.5 Å². The van der Waals surface area contributed by atoms with E-state index < -0.39 is 0 Å². The Morgan fingerprint density at radius 3 is 1.87 bits per heavy atom. The summed E-state index contributed by atoms with van der Waals surface area (Å²) in [5.74, 6) is 1.97. The Bertz CT molecular complexity index is 3080. The van der Waals surface area contributed by atoms with Gasteiger partial charge in [-0.15, -0.1) is 11.3 Å². The molecular formula is C48H32N4S. The molecule has 4 nitrogen and oxygen atoms in total. The topological polar surface area (TPSA) is 43.6 Å². The summed E-state index contributed by atoms with van der Waals surface area (Å²) >= 11 is 1.86. The number of nitrogens with zero attached hydrogens (tertiary/aromatic N) is 4. The van der Waals surface area contributed by atoms with E-state index in [-0.39, 0.29) is 5.41 Å². The zero-order valence-electron chi connectivity index (χ0n) is 29.2. The highest BCUT2D eigenvalue weighted by atomic mass is 32.1. The Morgan fingerprint density at radius 1 is 0.434 bits per heavy atom. The van der Waals surface area contributed by atoms with Gasteiger partial charge in [0.2, 0.25) is 0 Å². The van der Waals surface area contributed by atoms with E-state index >= 15 is 0 Å². The molecule has 10 aromatic rings. The largest absolute Gasteiger partial charge is 0.309 e. The zero-order chi connectivity index (χ0) is 35.3. The number of aromatic nitrogens is 4. The summed E-state index contributed by atoms with van der Waals surface area (Å²) in [5, 5.41) is 5.11. The van der Waals surface area contributed by atoms with Gasteiger partial charge in [-0.2, -0.15) is 0 Å². The fraction of sp³-hybridized carbons (Fsp3) is 0.0625. The summed E-state index contributed by atoms with van der Waals surface area (Å²) in [6.07, 6.45) is 0. The van der Waals surface area contributed by atoms with Crippen molar-refractivity contribution < 1.29 is 0 Å². The second-order valence-corrected chi connectivity index (χ2v) is 15.6. The predicted molar refractivity (Wildman–Crippen MR) is 221 cm³/mol. The van der Waals surface area contributed by atoms with Crippen LogP contribution in [0.25, 0.3) is 93.0 Å². The van der Waals surface area contributed by atoms with E-state index in [0.29, 0.717) is 17.5 Å². The lowest BCUT2D eigenvalue weighted by molar-refractivity contribution is 0.660. The highest BCUT2D eigenvalue weighted by molar-refractivity contribution is 7.25. The van der Waals surface area contributed by atoms with Gasteiger partial charge in [0, 0.05) is 58.7 Å². The number of thiophene rings is 1. The van der Waals surface area contributed by atoms with Crippen molar-refractivity contribution in [3.05, 3.63) is 169 Å². The van der Waals surface area contributed by atoms with Gasteiger partial charge in [0.25, 0.3) is 0 Å². The summed E-state index contributed by atoms with van der Waals surface area (Å²) < 4.78 is 5.02. The third-order valence-electron chi connectivity index (χ3n) is 11.1. The Morgan fingerprint density at radius 2 is 1.06 bits per heavy atom. The third-order valence-corrected chi connectivity index (χ3v) is 12.2. The highest BCUT2D eigenvalue weighted by Crippen LogP contribution is 2.49. The lowest BCUT2D eigenvalue weighted by Gasteiger charge is -2.21. The van der Waals surface area contributed by atoms with Crippen LogP contribution in [-0.4, -0.2) is 19.5 Å². The van der Waals surface area contributed by atoms with Gasteiger partial charge in [-0.25, -0.2) is 15.0 Å². The number of hydrogen-bond donors (Lipinski definition) is 0. The summed E-state index contributed by atoms with van der Waals surface area (Å²) in [5.41, 5.74) is 11.5. The number of rotatable bonds is 4. The van der Waals surface area contributed by atoms with Crippen molar-refractivity contribution >= 4 is 53.3 Å². The third kappa shape index (κ3) is 4.57. The molecule has 53 heavy (non-hydrogen) atoms. The van der Waals surface area contributed by atoms with Crippen molar-refractivity contribution in [2.45, 2.75) is 19.3 Å². The van der Waals surface area contributed by atoms with Crippen molar-refractivity contribution in [3.63, 3.8) is 0 Å². The highest BCUT2D eigenvalue weighted by Gasteiger charge is 2.35. The molecule has 0 aliphatic heterocycles. The Kier molecular flexibility index (Phi) is 6.43. The first-order valence-corrected chi connectivity index (χ1v) is 18.8. The van der Waals surface area contributed by atoms with Gasteiger partial charge >= 0.3 is 0 Å². The average Bonchev–Trinajstić information content (AvgIpc) is 3.82. The first-order chi connectivity index (χ1) is 26.0. The summed E-state index contributed by atoms with van der Waals surface area (Å²) in [6.45, 7) is 4.61. The van der Waals surface area contributed by atoms with Crippen LogP contribution >= 0.6 is 11.3 Å². The fourth-order valence-electron chi connectivity index (χ4n) is 8.43. The molecule has 1 aliphatic rings. The molecule has 0 amide bonds. The average molecular weight is 697 g/mol. The summed E-state index contributed by atoms with van der Waals surface area (Å²) in [7, 11) is 0. The molecule has 250 valence electrons. The molecule has 1 aliphatic carbocycles. The predicted octanol–water partition coefficient (Wildman–Crippen LogP) is 12.6. The minimum atomic E-state index is -0.0640. The molecule has 0 bridgehead atoms. The number of hydrogen-bond acceptors (Lipinski definition) is 4. The molecule has 0 N–H and O–H groups in total. The molecule has 3 heterocycles. The Hall–Kier alpha value is -6.43. The molecular weight excluding hydrogens is 665 g/mol. The SMILES string of the molecule is CC1(C)c2ccccc2-c2cc(-c3nc(-c4ccccc4)nc(-c4ccc(-n5c6ccccc6c6cc7sc8ccccc8c7cc65)cc4)n3)ccc21. The molecule has 11 rings (SSSR count). The fourth-order valence-corrected chi connectivity index (χ4v) is 9.56. The van der Waals surface area contributed by atoms with E-state index in [9.17, 15) is 0 Å². The molecule has 0 unspecified atom stereocenters. The van der Waals surface area contributed by atoms with Crippen molar-refractivity contribution in [1.82, 2.24) is 19.5 Å². The molecule has 0 spiro atoms. The molecule has 0 fully saturated rings. The van der Waals surface area contributed by atoms with Crippen molar-refractivity contribution in [2.24, 2.45) is 0 Å². The summed E-state index contributed by atoms with van der Waals surface area (Å²) in [4.78, 5) is 15.3. The van der Waals surface area contributed by atoms with E-state index in [2.05, 4.69) is 158 Å². The lowest BCUT2D eigenvalue weighted by atomic mass is 9.82. The van der Waals surface area contributed by atoms with Gasteiger partial charge in [0.05, 0.1) is 11.0 Å². The molecule has 5 heteroatoms. The van der Waals surface area contributed by atoms with Crippen LogP contribution in [0.15, 0.2) is 158 Å². The van der Waals surface area contributed by atoms with Gasteiger partial charge in [0.1, 0.15) is 0 Å². The van der Waals surface area contributed by atoms with Gasteiger partial charge in [-0.05, 0) is 76.9 Å². The van der Waals surface area contributed by atoms with Crippen LogP contribution in [0.3, 0.4) is 0 Å². The standard InChI is InChI=1S/C48H32N4S/c1-48(2)39-17-9-6-14-33(39)36-26-31(22-25-40(36)48)47-50-45(29-12-4-3-5-13-29)49-46(51-47)30-20-23-32(24-21-30)52-41-18-10-7-15-34(41)37-28-44-38(27-42(37)52)35-16-8-11-19-43(35)53-44/h3-28H,1-2H3. The zero-order valence-corrected chi connectivity index (χ0v) is 30.0. The number of fused-ring (bicyclic) bond motifs is 9. The van der Waals surface area contributed by atoms with Crippen LogP contribution in [0.4, 0.5) is 0 Å². The van der Waals surface area contributed by atoms with Gasteiger partial charge in [-0.3, -0.25) is 0 Å². The lowest BCUT2D eigenvalue weighted by Crippen LogP contribution is -2.14. The Balaban J connectivity index is 1.06. The van der Waals surface area contributed by atoms with Crippen LogP contribution in [-0.2, 0) is 5.41 Å². The van der Waals surface area contributed by atoms with Crippen LogP contribution in [0, 0.1) is 0 Å². The van der Waals surface area contributed by atoms with Crippen molar-refractivity contribution in [1.29, 1.82) is 0 Å². The minimum absolute atomic E-state index is 0.0640. The van der Waals surface area contributed by atoms with Gasteiger partial charge < -0.3 is 4.57 Å². The van der Waals surface area contributed by atoms with Crippen LogP contribution in [0.1, 0.15) is 25.0 Å². The van der Waals surface area contributed by atoms with E-state index in [1.165, 1.54) is 64.2 Å². The van der Waals surface area contributed by atoms with Crippen LogP contribution in [0.5, 0.6) is 0 Å². The van der Waals surface area contributed by atoms with E-state index in [0.717, 1.165) is 22.4 Å². The van der Waals surface area contributed by atoms with Crippen molar-refractivity contribution in [2.75, 3.05) is 0 Å². The maximum absolute atomic E-state index is 5.14. The normalized spacial score (nSPS) is 13.2. The van der Waals surface area contributed by atoms with Crippen molar-refractivity contribution in [3.8, 4) is 51.0 Å². The molecule has 3 aromatic heterocycles. The van der Waals surface area contributed by atoms with Crippen LogP contribution in [0.2, 0.25) is 0 Å². The first-order valence-electron chi connectivity index (χ1n) is 18.0. The second kappa shape index (κ2) is 11.3. The van der Waals surface area contributed by atoms with Gasteiger partial charge in [-0.1, -0.05) is 117 Å². The quantitative estimate of drug-likeness (QED) is 0.184. The smallest absolute Gasteiger partial charge is 0.164 e. The van der Waals surface area contributed by atoms with E-state index in [1.54, 1.807) is 0 Å². The Labute approximate surface area is 310 Å². The molecule has 7 aromatic carbocycles. The molecule has 0 saturated heterocycles. The molecule has 0 atom stereocenters. The van der Waals surface area contributed by atoms with Crippen LogP contribution < -0.4 is 0 Å². The number of para-hydroxylation sites is 1. The van der Waals surface area contributed by atoms with E-state index in [4.69, 9.17) is 15.0 Å². The monoisotopic (exact) mass is 696 g/mol. The molecule has 0 saturated carbocycles. The maximum Gasteiger partial charge on any atom is 0.164 e. The number of benzene rings is 7. The van der Waals surface area contributed by atoms with E-state index in [1.807, 2.05) is 29.5 Å². The molecule has 0 radical (unpaired) electrons. The second-order valence-electron chi connectivity index (χ2n) is 14.5. The first kappa shape index (κ1) is 30.2. The minimum Gasteiger partial charge on any atom is -0.309 e. The summed E-state index contributed by atoms with van der Waals surface area (Å²) in [6, 6.07) is 56.4. The maximum atomic E-state index is 5.14.